The fraction of sp³-hybridized carbons (Fsp3) is 0.696. The summed E-state index contributed by atoms with van der Waals surface area (Å²) < 4.78 is 6.78. The Kier molecular flexibility index (Phi) is 7.59. The molecule has 0 spiro atoms. The molecule has 0 bridgehead atoms. The quantitative estimate of drug-likeness (QED) is 0.256. The van der Waals surface area contributed by atoms with Crippen molar-refractivity contribution < 1.29 is 4.43 Å². The summed E-state index contributed by atoms with van der Waals surface area (Å²) in [5.74, 6) is 2.14. The van der Waals surface area contributed by atoms with Crippen LogP contribution < -0.4 is 0 Å². The summed E-state index contributed by atoms with van der Waals surface area (Å²) in [4.78, 5) is 0. The Morgan fingerprint density at radius 2 is 1.92 bits per heavy atom. The van der Waals surface area contributed by atoms with E-state index >= 15 is 0 Å². The van der Waals surface area contributed by atoms with Crippen molar-refractivity contribution in [3.8, 4) is 0 Å². The molecule has 0 saturated heterocycles. The van der Waals surface area contributed by atoms with Gasteiger partial charge in [-0.2, -0.15) is 0 Å². The van der Waals surface area contributed by atoms with Gasteiger partial charge in [-0.1, -0.05) is 52.8 Å². The van der Waals surface area contributed by atoms with E-state index in [9.17, 15) is 0 Å². The van der Waals surface area contributed by atoms with E-state index in [1.807, 2.05) is 0 Å². The molecule has 1 nitrogen and oxygen atoms in total. The molecule has 0 aromatic carbocycles. The van der Waals surface area contributed by atoms with Crippen LogP contribution in [0.1, 0.15) is 73.6 Å². The Hall–Kier alpha value is -0.983. The van der Waals surface area contributed by atoms with Gasteiger partial charge in [0.2, 0.25) is 8.32 Å². The van der Waals surface area contributed by atoms with Crippen LogP contribution in [0.4, 0.5) is 0 Å². The monoisotopic (exact) mass is 360 g/mol. The first-order chi connectivity index (χ1) is 11.4. The molecule has 0 aliphatic heterocycles. The van der Waals surface area contributed by atoms with Crippen molar-refractivity contribution in [3.63, 3.8) is 0 Å². The smallest absolute Gasteiger partial charge is 0.250 e. The Labute approximate surface area is 158 Å². The molecule has 0 N–H and O–H groups in total. The van der Waals surface area contributed by atoms with E-state index in [-0.39, 0.29) is 5.04 Å². The molecule has 0 amide bonds. The van der Waals surface area contributed by atoms with Crippen molar-refractivity contribution >= 4 is 8.32 Å². The van der Waals surface area contributed by atoms with E-state index in [2.05, 4.69) is 73.5 Å². The summed E-state index contributed by atoms with van der Waals surface area (Å²) in [5, 5.41) is 0.214. The van der Waals surface area contributed by atoms with Gasteiger partial charge in [-0.25, -0.2) is 0 Å². The van der Waals surface area contributed by atoms with Crippen LogP contribution in [-0.2, 0) is 4.43 Å². The Morgan fingerprint density at radius 1 is 1.32 bits per heavy atom. The van der Waals surface area contributed by atoms with Crippen molar-refractivity contribution in [2.45, 2.75) is 91.8 Å². The normalized spacial score (nSPS) is 21.8. The van der Waals surface area contributed by atoms with Gasteiger partial charge in [0.1, 0.15) is 0 Å². The van der Waals surface area contributed by atoms with Crippen molar-refractivity contribution in [2.75, 3.05) is 0 Å². The minimum absolute atomic E-state index is 0.214. The van der Waals surface area contributed by atoms with E-state index in [1.165, 1.54) is 35.3 Å². The molecule has 142 valence electrons. The molecule has 1 aliphatic rings. The summed E-state index contributed by atoms with van der Waals surface area (Å²) in [6.07, 6.45) is 5.64. The predicted molar refractivity (Wildman–Crippen MR) is 114 cm³/mol. The Morgan fingerprint density at radius 3 is 2.36 bits per heavy atom. The molecule has 0 aromatic rings. The van der Waals surface area contributed by atoms with Crippen LogP contribution in [0.5, 0.6) is 0 Å². The van der Waals surface area contributed by atoms with Crippen molar-refractivity contribution in [3.05, 3.63) is 41.4 Å². The maximum Gasteiger partial charge on any atom is 0.250 e. The summed E-state index contributed by atoms with van der Waals surface area (Å²) in [6.45, 7) is 26.5. The summed E-state index contributed by atoms with van der Waals surface area (Å²) in [7, 11) is -1.83. The average molecular weight is 361 g/mol. The molecule has 2 heteroatoms. The molecule has 0 fully saturated rings. The third-order valence-corrected chi connectivity index (χ3v) is 10.6. The van der Waals surface area contributed by atoms with Gasteiger partial charge >= 0.3 is 0 Å². The average Bonchev–Trinajstić information content (AvgIpc) is 2.49. The molecule has 2 atom stereocenters. The fourth-order valence-corrected chi connectivity index (χ4v) is 4.41. The number of unbranched alkanes of at least 4 members (excludes halogenated alkanes) is 1. The zero-order valence-electron chi connectivity index (χ0n) is 18.0. The highest BCUT2D eigenvalue weighted by molar-refractivity contribution is 6.74. The van der Waals surface area contributed by atoms with E-state index < -0.39 is 8.32 Å². The Balaban J connectivity index is 3.24. The SMILES string of the molecule is C=C=C(CCCC)[C@@H]1C[C@@H](C(=C)C)CC(O[Si](C)(C)C(C)(C)C)=C1C. The van der Waals surface area contributed by atoms with Crippen LogP contribution in [0.3, 0.4) is 0 Å². The highest BCUT2D eigenvalue weighted by atomic mass is 28.4. The molecule has 0 saturated carbocycles. The first-order valence-electron chi connectivity index (χ1n) is 9.87. The largest absolute Gasteiger partial charge is 0.547 e. The van der Waals surface area contributed by atoms with Gasteiger partial charge in [-0.3, -0.25) is 0 Å². The standard InChI is InChI=1S/C23H40OSi/c1-11-13-14-19(12-2)21-15-20(17(3)4)16-22(18(21)5)24-25(9,10)23(6,7)8/h20-21H,2-3,11,13-16H2,1,4-10H3/t20-,21-/m1/s1. The van der Waals surface area contributed by atoms with Gasteiger partial charge in [-0.05, 0) is 68.3 Å². The third kappa shape index (κ3) is 5.49. The predicted octanol–water partition coefficient (Wildman–Crippen LogP) is 7.79. The molecule has 1 rings (SSSR count). The second-order valence-corrected chi connectivity index (χ2v) is 14.0. The summed E-state index contributed by atoms with van der Waals surface area (Å²) >= 11 is 0. The van der Waals surface area contributed by atoms with Crippen LogP contribution in [0, 0.1) is 11.8 Å². The molecule has 25 heavy (non-hydrogen) atoms. The zero-order valence-corrected chi connectivity index (χ0v) is 19.0. The van der Waals surface area contributed by atoms with E-state index in [0.717, 1.165) is 19.3 Å². The zero-order chi connectivity index (χ0) is 19.4. The first-order valence-corrected chi connectivity index (χ1v) is 12.8. The van der Waals surface area contributed by atoms with Gasteiger partial charge in [0.15, 0.2) is 0 Å². The highest BCUT2D eigenvalue weighted by Crippen LogP contribution is 2.45. The lowest BCUT2D eigenvalue weighted by molar-refractivity contribution is 0.300. The number of rotatable bonds is 7. The molecular weight excluding hydrogens is 320 g/mol. The maximum atomic E-state index is 6.78. The van der Waals surface area contributed by atoms with Crippen LogP contribution in [0.2, 0.25) is 18.1 Å². The third-order valence-electron chi connectivity index (χ3n) is 6.24. The van der Waals surface area contributed by atoms with Crippen LogP contribution in [0.15, 0.2) is 41.4 Å². The van der Waals surface area contributed by atoms with Gasteiger partial charge in [0.05, 0.1) is 5.76 Å². The molecule has 0 aromatic heterocycles. The maximum absolute atomic E-state index is 6.78. The second-order valence-electron chi connectivity index (χ2n) is 9.31. The van der Waals surface area contributed by atoms with E-state index in [4.69, 9.17) is 4.43 Å². The van der Waals surface area contributed by atoms with Crippen molar-refractivity contribution in [1.29, 1.82) is 0 Å². The minimum Gasteiger partial charge on any atom is -0.547 e. The lowest BCUT2D eigenvalue weighted by atomic mass is 9.74. The van der Waals surface area contributed by atoms with Crippen LogP contribution in [-0.4, -0.2) is 8.32 Å². The minimum atomic E-state index is -1.83. The number of hydrogen-bond donors (Lipinski definition) is 0. The summed E-state index contributed by atoms with van der Waals surface area (Å²) in [5.41, 5.74) is 7.31. The van der Waals surface area contributed by atoms with Gasteiger partial charge in [0, 0.05) is 12.3 Å². The lowest BCUT2D eigenvalue weighted by Gasteiger charge is -2.41. The van der Waals surface area contributed by atoms with Crippen molar-refractivity contribution in [2.24, 2.45) is 11.8 Å². The van der Waals surface area contributed by atoms with E-state index in [0.29, 0.717) is 11.8 Å². The van der Waals surface area contributed by atoms with Crippen LogP contribution >= 0.6 is 0 Å². The molecule has 1 aliphatic carbocycles. The first kappa shape index (κ1) is 22.1. The molecular formula is C23H40OSi. The Bertz CT molecular complexity index is 567. The van der Waals surface area contributed by atoms with Gasteiger partial charge in [-0.15, -0.1) is 5.73 Å². The van der Waals surface area contributed by atoms with E-state index in [1.54, 1.807) is 0 Å². The lowest BCUT2D eigenvalue weighted by Crippen LogP contribution is -2.41. The topological polar surface area (TPSA) is 9.23 Å². The fourth-order valence-electron chi connectivity index (χ4n) is 3.24. The molecule has 0 radical (unpaired) electrons. The molecule has 0 heterocycles. The van der Waals surface area contributed by atoms with Gasteiger partial charge < -0.3 is 4.43 Å². The van der Waals surface area contributed by atoms with Gasteiger partial charge in [0.25, 0.3) is 0 Å². The van der Waals surface area contributed by atoms with Crippen molar-refractivity contribution in [1.82, 2.24) is 0 Å². The second kappa shape index (κ2) is 8.60. The number of hydrogen-bond acceptors (Lipinski definition) is 1. The highest BCUT2D eigenvalue weighted by Gasteiger charge is 2.41. The number of allylic oxidation sites excluding steroid dienone is 4. The van der Waals surface area contributed by atoms with Crippen LogP contribution in [0.25, 0.3) is 0 Å². The molecule has 0 unspecified atom stereocenters. The summed E-state index contributed by atoms with van der Waals surface area (Å²) in [6, 6.07) is 0.